The van der Waals surface area contributed by atoms with E-state index >= 15 is 0 Å². The Morgan fingerprint density at radius 1 is 0.771 bits per heavy atom. The number of carbonyl (C=O) groups excluding carboxylic acids is 2. The van der Waals surface area contributed by atoms with Crippen LogP contribution in [0.5, 0.6) is 5.75 Å². The number of hydrogen-bond donors (Lipinski definition) is 0. The molecule has 0 unspecified atom stereocenters. The highest BCUT2D eigenvalue weighted by molar-refractivity contribution is 6.89. The van der Waals surface area contributed by atoms with Crippen LogP contribution in [0.3, 0.4) is 0 Å². The Hall–Kier alpha value is -3.18. The van der Waals surface area contributed by atoms with Gasteiger partial charge in [0.25, 0.3) is 0 Å². The van der Waals surface area contributed by atoms with E-state index in [1.54, 1.807) is 0 Å². The largest absolute Gasteiger partial charge is 0.493 e. The molecule has 0 atom stereocenters. The van der Waals surface area contributed by atoms with Gasteiger partial charge in [-0.1, -0.05) is 105 Å². The first-order valence-corrected chi connectivity index (χ1v) is 15.7. The van der Waals surface area contributed by atoms with Crippen LogP contribution in [0.1, 0.15) is 32.6 Å². The molecule has 3 aromatic rings. The quantitative estimate of drug-likeness (QED) is 0.194. The lowest BCUT2D eigenvalue weighted by molar-refractivity contribution is -0.166. The van der Waals surface area contributed by atoms with E-state index in [-0.39, 0.29) is 18.8 Å². The minimum Gasteiger partial charge on any atom is -0.493 e. The normalized spacial score (nSPS) is 14.6. The van der Waals surface area contributed by atoms with Crippen LogP contribution in [-0.2, 0) is 14.3 Å². The van der Waals surface area contributed by atoms with Crippen LogP contribution >= 0.6 is 0 Å². The molecule has 1 saturated heterocycles. The van der Waals surface area contributed by atoms with Crippen molar-refractivity contribution in [1.29, 1.82) is 0 Å². The molecule has 4 rings (SSSR count). The first-order valence-electron chi connectivity index (χ1n) is 12.5. The van der Waals surface area contributed by atoms with E-state index in [2.05, 4.69) is 73.3 Å². The van der Waals surface area contributed by atoms with Crippen LogP contribution in [0, 0.1) is 5.92 Å². The van der Waals surface area contributed by atoms with Gasteiger partial charge in [0.1, 0.15) is 5.75 Å². The fraction of sp³-hybridized carbons (Fsp3) is 0.333. The number of benzene rings is 3. The van der Waals surface area contributed by atoms with E-state index in [0.29, 0.717) is 6.61 Å². The fourth-order valence-electron chi connectivity index (χ4n) is 4.56. The highest BCUT2D eigenvalue weighted by Gasteiger charge is 2.27. The van der Waals surface area contributed by atoms with Gasteiger partial charge in [-0.2, -0.15) is 0 Å². The van der Waals surface area contributed by atoms with Crippen molar-refractivity contribution in [1.82, 2.24) is 0 Å². The number of carbonyl (C=O) groups is 2. The maximum absolute atomic E-state index is 11.4. The second-order valence-corrected chi connectivity index (χ2v) is 14.9. The van der Waals surface area contributed by atoms with E-state index in [4.69, 9.17) is 4.74 Å². The van der Waals surface area contributed by atoms with Gasteiger partial charge in [-0.3, -0.25) is 9.59 Å². The van der Waals surface area contributed by atoms with Gasteiger partial charge in [0, 0.05) is 5.92 Å². The third kappa shape index (κ3) is 6.49. The molecule has 0 bridgehead atoms. The van der Waals surface area contributed by atoms with Crippen molar-refractivity contribution >= 4 is 25.2 Å². The molecule has 35 heavy (non-hydrogen) atoms. The van der Waals surface area contributed by atoms with Crippen molar-refractivity contribution in [3.8, 4) is 28.0 Å². The van der Waals surface area contributed by atoms with Crippen LogP contribution in [-0.4, -0.2) is 26.6 Å². The van der Waals surface area contributed by atoms with E-state index < -0.39 is 20.0 Å². The average Bonchev–Trinajstić information content (AvgIpc) is 2.86. The Morgan fingerprint density at radius 3 is 1.71 bits per heavy atom. The topological polar surface area (TPSA) is 52.6 Å². The minimum absolute atomic E-state index is 0.130. The molecule has 182 valence electrons. The van der Waals surface area contributed by atoms with Crippen LogP contribution < -0.4 is 9.92 Å². The van der Waals surface area contributed by atoms with Gasteiger partial charge >= 0.3 is 11.9 Å². The summed E-state index contributed by atoms with van der Waals surface area (Å²) in [7, 11) is -1.35. The maximum Gasteiger partial charge on any atom is 0.313 e. The molecule has 0 saturated carbocycles. The predicted molar refractivity (Wildman–Crippen MR) is 143 cm³/mol. The molecule has 1 fully saturated rings. The number of hydrogen-bond acceptors (Lipinski definition) is 4. The predicted octanol–water partition coefficient (Wildman–Crippen LogP) is 6.59. The summed E-state index contributed by atoms with van der Waals surface area (Å²) >= 11 is 0. The molecular formula is C30H34O4Si. The smallest absolute Gasteiger partial charge is 0.313 e. The maximum atomic E-state index is 11.4. The molecule has 0 amide bonds. The summed E-state index contributed by atoms with van der Waals surface area (Å²) in [6.07, 6.45) is 3.01. The van der Waals surface area contributed by atoms with Crippen molar-refractivity contribution in [2.75, 3.05) is 6.61 Å². The summed E-state index contributed by atoms with van der Waals surface area (Å²) in [5, 5.41) is 1.53. The summed E-state index contributed by atoms with van der Waals surface area (Å²) in [6, 6.07) is 27.1. The molecule has 5 heteroatoms. The van der Waals surface area contributed by atoms with Crippen LogP contribution in [0.2, 0.25) is 19.1 Å². The Bertz CT molecular complexity index is 1130. The molecule has 1 heterocycles. The lowest BCUT2D eigenvalue weighted by Crippen LogP contribution is -2.40. The molecule has 0 radical (unpaired) electrons. The van der Waals surface area contributed by atoms with Gasteiger partial charge in [-0.25, -0.2) is 0 Å². The second kappa shape index (κ2) is 11.0. The minimum atomic E-state index is -1.35. The van der Waals surface area contributed by atoms with Gasteiger partial charge in [0.2, 0.25) is 0 Å². The van der Waals surface area contributed by atoms with Crippen molar-refractivity contribution in [3.63, 3.8) is 0 Å². The SMILES string of the molecule is CCCC[Si](C)(C)c1ccc(-c2ccc(-c3ccc(OCC4CC(=O)OC(=O)C4)cc3)cc2)cc1. The van der Waals surface area contributed by atoms with Crippen molar-refractivity contribution in [3.05, 3.63) is 72.8 Å². The molecular weight excluding hydrogens is 452 g/mol. The molecule has 0 aliphatic carbocycles. The third-order valence-electron chi connectivity index (χ3n) is 6.85. The highest BCUT2D eigenvalue weighted by atomic mass is 28.3. The molecule has 1 aliphatic rings. The van der Waals surface area contributed by atoms with Crippen LogP contribution in [0.4, 0.5) is 0 Å². The van der Waals surface area contributed by atoms with Crippen molar-refractivity contribution in [2.45, 2.75) is 51.7 Å². The number of esters is 2. The lowest BCUT2D eigenvalue weighted by Gasteiger charge is -2.23. The number of unbranched alkanes of at least 4 members (excludes halogenated alkanes) is 1. The zero-order valence-electron chi connectivity index (χ0n) is 20.9. The number of cyclic esters (lactones) is 2. The molecule has 1 aliphatic heterocycles. The summed E-state index contributed by atoms with van der Waals surface area (Å²) in [5.41, 5.74) is 4.72. The average molecular weight is 487 g/mol. The van der Waals surface area contributed by atoms with Crippen LogP contribution in [0.15, 0.2) is 72.8 Å². The van der Waals surface area contributed by atoms with E-state index in [1.165, 1.54) is 35.2 Å². The fourth-order valence-corrected chi connectivity index (χ4v) is 7.16. The standard InChI is InChI=1S/C30H34O4Si/c1-4-5-18-35(2,3)28-16-12-26(13-17-28)24-8-6-23(7-9-24)25-10-14-27(15-11-25)33-21-22-19-29(31)34-30(32)20-22/h6-17,22H,4-5,18-21H2,1-3H3. The van der Waals surface area contributed by atoms with Gasteiger partial charge < -0.3 is 9.47 Å². The summed E-state index contributed by atoms with van der Waals surface area (Å²) < 4.78 is 10.4. The zero-order valence-corrected chi connectivity index (χ0v) is 21.9. The Kier molecular flexibility index (Phi) is 7.86. The molecule has 0 spiro atoms. The van der Waals surface area contributed by atoms with Gasteiger partial charge in [-0.05, 0) is 34.4 Å². The Labute approximate surface area is 209 Å². The Morgan fingerprint density at radius 2 is 1.23 bits per heavy atom. The highest BCUT2D eigenvalue weighted by Crippen LogP contribution is 2.27. The van der Waals surface area contributed by atoms with E-state index in [0.717, 1.165) is 16.9 Å². The summed E-state index contributed by atoms with van der Waals surface area (Å²) in [5.74, 6) is -0.346. The summed E-state index contributed by atoms with van der Waals surface area (Å²) in [4.78, 5) is 22.8. The van der Waals surface area contributed by atoms with Gasteiger partial charge in [-0.15, -0.1) is 0 Å². The van der Waals surface area contributed by atoms with E-state index in [1.807, 2.05) is 24.3 Å². The third-order valence-corrected chi connectivity index (χ3v) is 10.4. The molecule has 0 N–H and O–H groups in total. The lowest BCUT2D eigenvalue weighted by atomic mass is 10.00. The first kappa shape index (κ1) is 24.9. The van der Waals surface area contributed by atoms with Crippen molar-refractivity contribution < 1.29 is 19.1 Å². The van der Waals surface area contributed by atoms with E-state index in [9.17, 15) is 9.59 Å². The molecule has 4 nitrogen and oxygen atoms in total. The molecule has 3 aromatic carbocycles. The second-order valence-electron chi connectivity index (χ2n) is 10.1. The van der Waals surface area contributed by atoms with Gasteiger partial charge in [0.15, 0.2) is 0 Å². The molecule has 0 aromatic heterocycles. The monoisotopic (exact) mass is 486 g/mol. The van der Waals surface area contributed by atoms with Crippen LogP contribution in [0.25, 0.3) is 22.3 Å². The number of rotatable bonds is 9. The Balaban J connectivity index is 1.37. The first-order chi connectivity index (χ1) is 16.8. The van der Waals surface area contributed by atoms with Gasteiger partial charge in [0.05, 0.1) is 27.5 Å². The van der Waals surface area contributed by atoms with Crippen molar-refractivity contribution in [2.24, 2.45) is 5.92 Å². The number of ether oxygens (including phenoxy) is 2. The summed E-state index contributed by atoms with van der Waals surface area (Å²) in [6.45, 7) is 7.53. The zero-order chi connectivity index (χ0) is 24.8.